The molecule has 33 heavy (non-hydrogen) atoms. The third-order valence-electron chi connectivity index (χ3n) is 5.95. The van der Waals surface area contributed by atoms with Crippen molar-refractivity contribution in [2.24, 2.45) is 0 Å². The molecule has 2 heterocycles. The van der Waals surface area contributed by atoms with Gasteiger partial charge in [-0.15, -0.1) is 0 Å². The molecule has 9 nitrogen and oxygen atoms in total. The van der Waals surface area contributed by atoms with Crippen LogP contribution in [0.1, 0.15) is 12.5 Å². The lowest BCUT2D eigenvalue weighted by Crippen LogP contribution is -2.52. The normalized spacial score (nSPS) is 14.4. The first-order chi connectivity index (χ1) is 16.0. The number of H-pyrrole nitrogens is 1. The van der Waals surface area contributed by atoms with E-state index in [1.165, 1.54) is 0 Å². The van der Waals surface area contributed by atoms with E-state index < -0.39 is 11.2 Å². The second-order valence-corrected chi connectivity index (χ2v) is 8.08. The number of aromatic amines is 1. The summed E-state index contributed by atoms with van der Waals surface area (Å²) in [7, 11) is 0. The molecule has 2 amide bonds. The van der Waals surface area contributed by atoms with Crippen molar-refractivity contribution < 1.29 is 9.59 Å². The molecule has 0 unspecified atom stereocenters. The van der Waals surface area contributed by atoms with Crippen molar-refractivity contribution in [2.45, 2.75) is 19.9 Å². The lowest BCUT2D eigenvalue weighted by Gasteiger charge is -2.34. The zero-order chi connectivity index (χ0) is 23.4. The van der Waals surface area contributed by atoms with Gasteiger partial charge in [0.15, 0.2) is 0 Å². The number of aryl methyl sites for hydroxylation is 1. The number of nitrogens with one attached hydrogen (secondary N) is 2. The number of amides is 2. The molecule has 0 bridgehead atoms. The third kappa shape index (κ3) is 5.04. The molecule has 172 valence electrons. The number of hydrogen-bond donors (Lipinski definition) is 2. The van der Waals surface area contributed by atoms with E-state index in [9.17, 15) is 19.2 Å². The standard InChI is InChI=1S/C24H27N5O4/c1-2-17-7-3-5-9-19(17)25-21(30)15-27-11-13-28(14-12-27)22(31)16-29-23(32)18-8-4-6-10-20(18)26-24(29)33/h3-10H,2,11-16H2,1H3,(H,25,30)(H,26,33). The van der Waals surface area contributed by atoms with E-state index in [4.69, 9.17) is 0 Å². The average Bonchev–Trinajstić information content (AvgIpc) is 2.82. The molecule has 2 aromatic carbocycles. The highest BCUT2D eigenvalue weighted by Gasteiger charge is 2.23. The Morgan fingerprint density at radius 2 is 1.64 bits per heavy atom. The first kappa shape index (κ1) is 22.5. The van der Waals surface area contributed by atoms with Gasteiger partial charge in [0.05, 0.1) is 17.4 Å². The number of carbonyl (C=O) groups excluding carboxylic acids is 2. The first-order valence-corrected chi connectivity index (χ1v) is 11.1. The molecular weight excluding hydrogens is 422 g/mol. The van der Waals surface area contributed by atoms with Crippen LogP contribution in [0.4, 0.5) is 5.69 Å². The summed E-state index contributed by atoms with van der Waals surface area (Å²) in [6, 6.07) is 14.4. The number of aromatic nitrogens is 2. The number of rotatable bonds is 6. The maximum Gasteiger partial charge on any atom is 0.329 e. The Labute approximate surface area is 190 Å². The van der Waals surface area contributed by atoms with Gasteiger partial charge in [-0.2, -0.15) is 0 Å². The molecule has 1 saturated heterocycles. The van der Waals surface area contributed by atoms with E-state index in [0.29, 0.717) is 37.1 Å². The van der Waals surface area contributed by atoms with Crippen LogP contribution in [-0.2, 0) is 22.6 Å². The van der Waals surface area contributed by atoms with Gasteiger partial charge in [-0.25, -0.2) is 4.79 Å². The summed E-state index contributed by atoms with van der Waals surface area (Å²) in [5.41, 5.74) is 1.27. The molecule has 4 rings (SSSR count). The topological polar surface area (TPSA) is 108 Å². The van der Waals surface area contributed by atoms with Gasteiger partial charge in [0.25, 0.3) is 5.56 Å². The Morgan fingerprint density at radius 1 is 0.939 bits per heavy atom. The van der Waals surface area contributed by atoms with Crippen LogP contribution in [-0.4, -0.2) is 63.9 Å². The number of benzene rings is 2. The highest BCUT2D eigenvalue weighted by atomic mass is 16.2. The maximum absolute atomic E-state index is 12.8. The number of fused-ring (bicyclic) bond motifs is 1. The van der Waals surface area contributed by atoms with E-state index in [1.807, 2.05) is 36.1 Å². The Morgan fingerprint density at radius 3 is 2.39 bits per heavy atom. The molecule has 1 fully saturated rings. The minimum Gasteiger partial charge on any atom is -0.339 e. The highest BCUT2D eigenvalue weighted by molar-refractivity contribution is 5.93. The lowest BCUT2D eigenvalue weighted by molar-refractivity contribution is -0.133. The molecule has 0 spiro atoms. The van der Waals surface area contributed by atoms with Crippen LogP contribution in [0.5, 0.6) is 0 Å². The molecule has 1 aliphatic heterocycles. The molecule has 1 aliphatic rings. The molecular formula is C24H27N5O4. The number of anilines is 1. The molecule has 2 N–H and O–H groups in total. The molecule has 0 saturated carbocycles. The summed E-state index contributed by atoms with van der Waals surface area (Å²) in [4.78, 5) is 56.5. The van der Waals surface area contributed by atoms with Crippen molar-refractivity contribution in [3.63, 3.8) is 0 Å². The minimum atomic E-state index is -0.602. The van der Waals surface area contributed by atoms with Gasteiger partial charge in [0.2, 0.25) is 11.8 Å². The van der Waals surface area contributed by atoms with Crippen molar-refractivity contribution in [1.82, 2.24) is 19.4 Å². The molecule has 9 heteroatoms. The number of nitrogens with zero attached hydrogens (tertiary/aromatic N) is 3. The SMILES string of the molecule is CCc1ccccc1NC(=O)CN1CCN(C(=O)Cn2c(=O)[nH]c3ccccc3c2=O)CC1. The van der Waals surface area contributed by atoms with Gasteiger partial charge in [-0.05, 0) is 30.2 Å². The maximum atomic E-state index is 12.8. The van der Waals surface area contributed by atoms with Gasteiger partial charge >= 0.3 is 5.69 Å². The summed E-state index contributed by atoms with van der Waals surface area (Å²) >= 11 is 0. The summed E-state index contributed by atoms with van der Waals surface area (Å²) in [6.45, 7) is 3.91. The van der Waals surface area contributed by atoms with Crippen LogP contribution in [0.25, 0.3) is 10.9 Å². The Bertz CT molecular complexity index is 1290. The van der Waals surface area contributed by atoms with Crippen molar-refractivity contribution in [1.29, 1.82) is 0 Å². The van der Waals surface area contributed by atoms with Crippen LogP contribution in [0.2, 0.25) is 0 Å². The van der Waals surface area contributed by atoms with Gasteiger partial charge < -0.3 is 15.2 Å². The first-order valence-electron chi connectivity index (χ1n) is 11.1. The van der Waals surface area contributed by atoms with Gasteiger partial charge in [-0.3, -0.25) is 23.9 Å². The predicted octanol–water partition coefficient (Wildman–Crippen LogP) is 1.04. The fourth-order valence-corrected chi connectivity index (χ4v) is 4.08. The zero-order valence-corrected chi connectivity index (χ0v) is 18.5. The Hall–Kier alpha value is -3.72. The second-order valence-electron chi connectivity index (χ2n) is 8.08. The van der Waals surface area contributed by atoms with Crippen molar-refractivity contribution >= 4 is 28.4 Å². The molecule has 3 aromatic rings. The van der Waals surface area contributed by atoms with Crippen LogP contribution in [0.15, 0.2) is 58.1 Å². The summed E-state index contributed by atoms with van der Waals surface area (Å²) < 4.78 is 0.940. The van der Waals surface area contributed by atoms with Crippen LogP contribution >= 0.6 is 0 Å². The van der Waals surface area contributed by atoms with Gasteiger partial charge in [-0.1, -0.05) is 37.3 Å². The monoisotopic (exact) mass is 449 g/mol. The summed E-state index contributed by atoms with van der Waals surface area (Å²) in [5.74, 6) is -0.385. The smallest absolute Gasteiger partial charge is 0.329 e. The van der Waals surface area contributed by atoms with E-state index >= 15 is 0 Å². The van der Waals surface area contributed by atoms with Crippen molar-refractivity contribution in [3.05, 3.63) is 74.9 Å². The van der Waals surface area contributed by atoms with Crippen molar-refractivity contribution in [2.75, 3.05) is 38.0 Å². The summed E-state index contributed by atoms with van der Waals surface area (Å²) in [5, 5.41) is 3.33. The molecule has 0 atom stereocenters. The number of hydrogen-bond acceptors (Lipinski definition) is 5. The molecule has 0 aliphatic carbocycles. The van der Waals surface area contributed by atoms with E-state index in [-0.39, 0.29) is 24.9 Å². The minimum absolute atomic E-state index is 0.0927. The van der Waals surface area contributed by atoms with E-state index in [0.717, 1.165) is 22.2 Å². The van der Waals surface area contributed by atoms with Crippen LogP contribution in [0.3, 0.4) is 0 Å². The highest BCUT2D eigenvalue weighted by Crippen LogP contribution is 2.15. The zero-order valence-electron chi connectivity index (χ0n) is 18.5. The molecule has 0 radical (unpaired) electrons. The van der Waals surface area contributed by atoms with Gasteiger partial charge in [0.1, 0.15) is 6.54 Å². The predicted molar refractivity (Wildman–Crippen MR) is 126 cm³/mol. The fourth-order valence-electron chi connectivity index (χ4n) is 4.08. The van der Waals surface area contributed by atoms with Crippen LogP contribution < -0.4 is 16.6 Å². The van der Waals surface area contributed by atoms with Crippen LogP contribution in [0, 0.1) is 0 Å². The van der Waals surface area contributed by atoms with E-state index in [1.54, 1.807) is 29.2 Å². The van der Waals surface area contributed by atoms with E-state index in [2.05, 4.69) is 10.3 Å². The quantitative estimate of drug-likeness (QED) is 0.585. The third-order valence-corrected chi connectivity index (χ3v) is 5.95. The lowest BCUT2D eigenvalue weighted by atomic mass is 10.1. The number of carbonyl (C=O) groups is 2. The molecule has 1 aromatic heterocycles. The van der Waals surface area contributed by atoms with Crippen molar-refractivity contribution in [3.8, 4) is 0 Å². The average molecular weight is 450 g/mol. The fraction of sp³-hybridized carbons (Fsp3) is 0.333. The summed E-state index contributed by atoms with van der Waals surface area (Å²) in [6.07, 6.45) is 0.834. The van der Waals surface area contributed by atoms with Gasteiger partial charge in [0, 0.05) is 31.9 Å². The number of para-hydroxylation sites is 2. The Kier molecular flexibility index (Phi) is 6.69. The second kappa shape index (κ2) is 9.83. The largest absolute Gasteiger partial charge is 0.339 e. The Balaban J connectivity index is 1.33. The number of piperazine rings is 1.